The second-order valence-corrected chi connectivity index (χ2v) is 7.01. The van der Waals surface area contributed by atoms with Crippen molar-refractivity contribution in [3.8, 4) is 11.5 Å². The number of nitrogens with zero attached hydrogens (tertiary/aromatic N) is 1. The molecule has 0 saturated heterocycles. The standard InChI is InChI=1S/C23H22ClN3O2/c1-28-20-9-5-6-10-21(20)29-14-13-25-23-26-19-12-11-17(24)15-18(19)22(27-23)16-7-3-2-4-8-16/h2-12,15,22H,13-14H2,1H3,(H2,25,26,27). The number of guanidine groups is 1. The quantitative estimate of drug-likeness (QED) is 0.582. The van der Waals surface area contributed by atoms with Gasteiger partial charge in [0, 0.05) is 10.6 Å². The molecule has 0 aromatic heterocycles. The molecule has 0 bridgehead atoms. The Morgan fingerprint density at radius 2 is 1.76 bits per heavy atom. The highest BCUT2D eigenvalue weighted by atomic mass is 35.5. The molecule has 0 saturated carbocycles. The van der Waals surface area contributed by atoms with Crippen molar-refractivity contribution in [2.45, 2.75) is 6.04 Å². The number of hydrogen-bond acceptors (Lipinski definition) is 5. The molecule has 148 valence electrons. The lowest BCUT2D eigenvalue weighted by molar-refractivity contribution is 0.298. The number of fused-ring (bicyclic) bond motifs is 1. The lowest BCUT2D eigenvalue weighted by Gasteiger charge is -2.28. The summed E-state index contributed by atoms with van der Waals surface area (Å²) in [6, 6.07) is 23.6. The van der Waals surface area contributed by atoms with Crippen LogP contribution in [0.15, 0.2) is 77.8 Å². The molecular formula is C23H22ClN3O2. The highest BCUT2D eigenvalue weighted by molar-refractivity contribution is 6.30. The van der Waals surface area contributed by atoms with Gasteiger partial charge in [-0.1, -0.05) is 54.1 Å². The summed E-state index contributed by atoms with van der Waals surface area (Å²) in [7, 11) is 1.63. The van der Waals surface area contributed by atoms with Gasteiger partial charge in [0.2, 0.25) is 0 Å². The van der Waals surface area contributed by atoms with Gasteiger partial charge in [0.1, 0.15) is 6.61 Å². The van der Waals surface area contributed by atoms with Crippen molar-refractivity contribution in [1.29, 1.82) is 0 Å². The number of rotatable bonds is 6. The lowest BCUT2D eigenvalue weighted by Crippen LogP contribution is -2.43. The first kappa shape index (κ1) is 19.2. The van der Waals surface area contributed by atoms with E-state index in [0.717, 1.165) is 28.3 Å². The summed E-state index contributed by atoms with van der Waals surface area (Å²) in [6.45, 7) is 1.07. The first-order valence-corrected chi connectivity index (χ1v) is 9.81. The summed E-state index contributed by atoms with van der Waals surface area (Å²) in [6.07, 6.45) is 0. The molecule has 6 heteroatoms. The van der Waals surface area contributed by atoms with Gasteiger partial charge in [0.25, 0.3) is 0 Å². The maximum Gasteiger partial charge on any atom is 0.197 e. The van der Waals surface area contributed by atoms with E-state index in [9.17, 15) is 0 Å². The molecule has 3 aromatic rings. The molecule has 0 fully saturated rings. The van der Waals surface area contributed by atoms with E-state index in [0.29, 0.717) is 24.1 Å². The van der Waals surface area contributed by atoms with Gasteiger partial charge >= 0.3 is 0 Å². The summed E-state index contributed by atoms with van der Waals surface area (Å²) in [5.41, 5.74) is 3.10. The minimum atomic E-state index is -0.0277. The number of aliphatic imine (C=N–C) groups is 1. The third kappa shape index (κ3) is 4.46. The normalized spacial score (nSPS) is 15.0. The average Bonchev–Trinajstić information content (AvgIpc) is 2.77. The van der Waals surface area contributed by atoms with Crippen LogP contribution in [0.2, 0.25) is 5.02 Å². The molecule has 0 amide bonds. The molecule has 4 rings (SSSR count). The Morgan fingerprint density at radius 1 is 1.00 bits per heavy atom. The van der Waals surface area contributed by atoms with Gasteiger partial charge in [0.15, 0.2) is 17.5 Å². The molecule has 5 nitrogen and oxygen atoms in total. The van der Waals surface area contributed by atoms with E-state index in [1.807, 2.05) is 60.7 Å². The molecule has 1 aliphatic rings. The fourth-order valence-corrected chi connectivity index (χ4v) is 3.47. The summed E-state index contributed by atoms with van der Waals surface area (Å²) < 4.78 is 11.1. The minimum absolute atomic E-state index is 0.0277. The summed E-state index contributed by atoms with van der Waals surface area (Å²) in [5, 5.41) is 7.50. The summed E-state index contributed by atoms with van der Waals surface area (Å²) >= 11 is 6.23. The molecular weight excluding hydrogens is 386 g/mol. The van der Waals surface area contributed by atoms with Gasteiger partial charge < -0.3 is 20.1 Å². The van der Waals surface area contributed by atoms with E-state index < -0.39 is 0 Å². The van der Waals surface area contributed by atoms with E-state index in [1.54, 1.807) is 7.11 Å². The van der Waals surface area contributed by atoms with E-state index >= 15 is 0 Å². The van der Waals surface area contributed by atoms with Crippen LogP contribution in [0.4, 0.5) is 5.69 Å². The van der Waals surface area contributed by atoms with Crippen molar-refractivity contribution in [2.75, 3.05) is 20.3 Å². The van der Waals surface area contributed by atoms with Crippen molar-refractivity contribution < 1.29 is 9.47 Å². The molecule has 3 aromatic carbocycles. The minimum Gasteiger partial charge on any atom is -0.493 e. The monoisotopic (exact) mass is 407 g/mol. The Hall–Kier alpha value is -3.18. The first-order valence-electron chi connectivity index (χ1n) is 9.44. The van der Waals surface area contributed by atoms with E-state index in [4.69, 9.17) is 26.1 Å². The highest BCUT2D eigenvalue weighted by Crippen LogP contribution is 2.35. The molecule has 2 N–H and O–H groups in total. The molecule has 0 spiro atoms. The zero-order chi connectivity index (χ0) is 20.1. The van der Waals surface area contributed by atoms with Crippen LogP contribution < -0.4 is 20.1 Å². The number of hydrogen-bond donors (Lipinski definition) is 2. The molecule has 29 heavy (non-hydrogen) atoms. The van der Waals surface area contributed by atoms with Crippen LogP contribution in [0.25, 0.3) is 0 Å². The number of ether oxygens (including phenoxy) is 2. The fourth-order valence-electron chi connectivity index (χ4n) is 3.29. The van der Waals surface area contributed by atoms with Crippen molar-refractivity contribution in [1.82, 2.24) is 10.6 Å². The largest absolute Gasteiger partial charge is 0.493 e. The van der Waals surface area contributed by atoms with Crippen LogP contribution in [0, 0.1) is 0 Å². The third-order valence-corrected chi connectivity index (χ3v) is 4.90. The number of methoxy groups -OCH3 is 1. The topological polar surface area (TPSA) is 54.9 Å². The fraction of sp³-hybridized carbons (Fsp3) is 0.174. The molecule has 1 unspecified atom stereocenters. The second-order valence-electron chi connectivity index (χ2n) is 6.58. The van der Waals surface area contributed by atoms with E-state index in [-0.39, 0.29) is 6.04 Å². The van der Waals surface area contributed by atoms with Gasteiger partial charge in [-0.3, -0.25) is 0 Å². The smallest absolute Gasteiger partial charge is 0.197 e. The second kappa shape index (κ2) is 8.88. The van der Waals surface area contributed by atoms with Crippen molar-refractivity contribution in [2.24, 2.45) is 4.99 Å². The van der Waals surface area contributed by atoms with Crippen LogP contribution in [0.3, 0.4) is 0 Å². The zero-order valence-corrected chi connectivity index (χ0v) is 16.8. The number of nitrogens with one attached hydrogen (secondary N) is 2. The van der Waals surface area contributed by atoms with Gasteiger partial charge in [-0.25, -0.2) is 4.99 Å². The molecule has 1 aliphatic heterocycles. The van der Waals surface area contributed by atoms with Crippen LogP contribution in [0.5, 0.6) is 11.5 Å². The van der Waals surface area contributed by atoms with Crippen LogP contribution >= 0.6 is 11.6 Å². The number of halogens is 1. The highest BCUT2D eigenvalue weighted by Gasteiger charge is 2.23. The molecule has 0 aliphatic carbocycles. The Labute approximate surface area is 175 Å². The van der Waals surface area contributed by atoms with Gasteiger partial charge in [-0.15, -0.1) is 0 Å². The number of para-hydroxylation sites is 2. The van der Waals surface area contributed by atoms with Crippen molar-refractivity contribution >= 4 is 23.2 Å². The predicted molar refractivity (Wildman–Crippen MR) is 116 cm³/mol. The lowest BCUT2D eigenvalue weighted by atomic mass is 9.96. The Morgan fingerprint density at radius 3 is 2.55 bits per heavy atom. The van der Waals surface area contributed by atoms with Crippen LogP contribution in [0.1, 0.15) is 17.2 Å². The van der Waals surface area contributed by atoms with Gasteiger partial charge in [0.05, 0.1) is 25.4 Å². The van der Waals surface area contributed by atoms with Crippen molar-refractivity contribution in [3.63, 3.8) is 0 Å². The third-order valence-electron chi connectivity index (χ3n) is 4.67. The Balaban J connectivity index is 1.46. The molecule has 1 heterocycles. The average molecular weight is 408 g/mol. The van der Waals surface area contributed by atoms with Gasteiger partial charge in [-0.05, 0) is 35.9 Å². The van der Waals surface area contributed by atoms with E-state index in [1.165, 1.54) is 0 Å². The summed E-state index contributed by atoms with van der Waals surface area (Å²) in [5.74, 6) is 2.14. The maximum atomic E-state index is 6.23. The summed E-state index contributed by atoms with van der Waals surface area (Å²) in [4.78, 5) is 4.70. The first-order chi connectivity index (χ1) is 14.2. The zero-order valence-electron chi connectivity index (χ0n) is 16.1. The van der Waals surface area contributed by atoms with Gasteiger partial charge in [-0.2, -0.15) is 0 Å². The van der Waals surface area contributed by atoms with Crippen LogP contribution in [-0.2, 0) is 0 Å². The predicted octanol–water partition coefficient (Wildman–Crippen LogP) is 4.70. The van der Waals surface area contributed by atoms with Crippen molar-refractivity contribution in [3.05, 3.63) is 88.9 Å². The molecule has 1 atom stereocenters. The molecule has 0 radical (unpaired) electrons. The Kier molecular flexibility index (Phi) is 5.86. The van der Waals surface area contributed by atoms with Crippen LogP contribution in [-0.4, -0.2) is 26.2 Å². The SMILES string of the molecule is COc1ccccc1OCCNC1=Nc2ccc(Cl)cc2C(c2ccccc2)N1. The van der Waals surface area contributed by atoms with E-state index in [2.05, 4.69) is 22.8 Å². The maximum absolute atomic E-state index is 6.23. The number of benzene rings is 3. The Bertz CT molecular complexity index is 1010.